The fourth-order valence-electron chi connectivity index (χ4n) is 2.86. The first-order chi connectivity index (χ1) is 14.6. The van der Waals surface area contributed by atoms with Crippen LogP contribution in [0.3, 0.4) is 0 Å². The van der Waals surface area contributed by atoms with E-state index in [1.807, 2.05) is 43.3 Å². The van der Waals surface area contributed by atoms with Gasteiger partial charge in [0.15, 0.2) is 11.5 Å². The highest BCUT2D eigenvalue weighted by molar-refractivity contribution is 5.94. The number of aryl methyl sites for hydroxylation is 1. The van der Waals surface area contributed by atoms with Gasteiger partial charge in [-0.05, 0) is 60.9 Å². The fourth-order valence-corrected chi connectivity index (χ4v) is 2.86. The molecule has 3 aromatic carbocycles. The van der Waals surface area contributed by atoms with Crippen molar-refractivity contribution in [3.63, 3.8) is 0 Å². The summed E-state index contributed by atoms with van der Waals surface area (Å²) in [6, 6.07) is 20.2. The van der Waals surface area contributed by atoms with Crippen LogP contribution in [-0.2, 0) is 6.61 Å². The number of carbonyl (C=O) groups is 1. The Balaban J connectivity index is 1.72. The van der Waals surface area contributed by atoms with Crippen LogP contribution in [0, 0.1) is 6.92 Å². The van der Waals surface area contributed by atoms with E-state index in [9.17, 15) is 9.90 Å². The second-order valence-corrected chi connectivity index (χ2v) is 6.58. The lowest BCUT2D eigenvalue weighted by atomic mass is 10.1. The Bertz CT molecular complexity index is 1050. The van der Waals surface area contributed by atoms with E-state index in [1.54, 1.807) is 24.4 Å². The first kappa shape index (κ1) is 20.9. The Labute approximate surface area is 175 Å². The monoisotopic (exact) mass is 404 g/mol. The van der Waals surface area contributed by atoms with Crippen LogP contribution in [-0.4, -0.2) is 23.9 Å². The number of anilines is 1. The molecule has 0 spiro atoms. The average molecular weight is 404 g/mol. The minimum Gasteiger partial charge on any atom is -0.490 e. The van der Waals surface area contributed by atoms with Crippen molar-refractivity contribution in [1.29, 1.82) is 0 Å². The van der Waals surface area contributed by atoms with Crippen LogP contribution in [0.1, 0.15) is 34.0 Å². The van der Waals surface area contributed by atoms with E-state index < -0.39 is 5.97 Å². The molecule has 0 saturated heterocycles. The van der Waals surface area contributed by atoms with Gasteiger partial charge in [0.2, 0.25) is 0 Å². The van der Waals surface area contributed by atoms with Crippen molar-refractivity contribution in [3.8, 4) is 11.5 Å². The summed E-state index contributed by atoms with van der Waals surface area (Å²) in [4.78, 5) is 11.3. The van der Waals surface area contributed by atoms with Gasteiger partial charge in [0.05, 0.1) is 24.1 Å². The highest BCUT2D eigenvalue weighted by Crippen LogP contribution is 2.29. The maximum atomic E-state index is 11.3. The van der Waals surface area contributed by atoms with Crippen molar-refractivity contribution in [1.82, 2.24) is 0 Å². The van der Waals surface area contributed by atoms with Crippen LogP contribution in [0.2, 0.25) is 0 Å². The maximum Gasteiger partial charge on any atom is 0.337 e. The van der Waals surface area contributed by atoms with Crippen molar-refractivity contribution in [2.75, 3.05) is 12.0 Å². The Morgan fingerprint density at radius 1 is 1.03 bits per heavy atom. The van der Waals surface area contributed by atoms with Crippen LogP contribution < -0.4 is 14.9 Å². The number of ether oxygens (including phenoxy) is 2. The summed E-state index contributed by atoms with van der Waals surface area (Å²) in [5.41, 5.74) is 6.44. The lowest BCUT2D eigenvalue weighted by Gasteiger charge is -2.13. The van der Waals surface area contributed by atoms with E-state index in [0.29, 0.717) is 30.4 Å². The summed E-state index contributed by atoms with van der Waals surface area (Å²) in [6.45, 7) is 4.92. The predicted octanol–water partition coefficient (Wildman–Crippen LogP) is 5.12. The number of nitrogens with one attached hydrogen (secondary N) is 1. The third-order valence-electron chi connectivity index (χ3n) is 4.47. The summed E-state index contributed by atoms with van der Waals surface area (Å²) < 4.78 is 11.7. The van der Waals surface area contributed by atoms with Gasteiger partial charge in [-0.15, -0.1) is 0 Å². The van der Waals surface area contributed by atoms with Crippen molar-refractivity contribution in [2.24, 2.45) is 5.10 Å². The molecular weight excluding hydrogens is 380 g/mol. The lowest BCUT2D eigenvalue weighted by Crippen LogP contribution is -2.03. The number of hydrazone groups is 1. The van der Waals surface area contributed by atoms with Crippen molar-refractivity contribution in [2.45, 2.75) is 20.5 Å². The van der Waals surface area contributed by atoms with Crippen LogP contribution in [0.4, 0.5) is 5.69 Å². The van der Waals surface area contributed by atoms with Crippen molar-refractivity contribution in [3.05, 3.63) is 89.0 Å². The number of hydrogen-bond donors (Lipinski definition) is 2. The number of carboxylic acid groups (broad SMARTS) is 1. The van der Waals surface area contributed by atoms with E-state index in [-0.39, 0.29) is 5.56 Å². The molecular formula is C24H24N2O4. The third-order valence-corrected chi connectivity index (χ3v) is 4.47. The number of para-hydroxylation sites is 1. The van der Waals surface area contributed by atoms with Gasteiger partial charge in [-0.2, -0.15) is 5.10 Å². The normalized spacial score (nSPS) is 10.7. The Morgan fingerprint density at radius 2 is 1.80 bits per heavy atom. The smallest absolute Gasteiger partial charge is 0.337 e. The summed E-state index contributed by atoms with van der Waals surface area (Å²) >= 11 is 0. The summed E-state index contributed by atoms with van der Waals surface area (Å²) in [6.07, 6.45) is 1.60. The molecule has 0 aromatic heterocycles. The zero-order valence-corrected chi connectivity index (χ0v) is 17.0. The first-order valence-electron chi connectivity index (χ1n) is 9.64. The molecule has 0 atom stereocenters. The van der Waals surface area contributed by atoms with Crippen LogP contribution in [0.15, 0.2) is 71.8 Å². The zero-order valence-electron chi connectivity index (χ0n) is 17.0. The molecule has 0 aliphatic carbocycles. The predicted molar refractivity (Wildman–Crippen MR) is 118 cm³/mol. The van der Waals surface area contributed by atoms with E-state index in [1.165, 1.54) is 11.6 Å². The van der Waals surface area contributed by atoms with E-state index in [2.05, 4.69) is 23.5 Å². The molecule has 0 fully saturated rings. The molecule has 154 valence electrons. The highest BCUT2D eigenvalue weighted by Gasteiger charge is 2.09. The molecule has 2 N–H and O–H groups in total. The Morgan fingerprint density at radius 3 is 2.57 bits per heavy atom. The fraction of sp³-hybridized carbons (Fsp3) is 0.167. The summed E-state index contributed by atoms with van der Waals surface area (Å²) in [7, 11) is 0. The largest absolute Gasteiger partial charge is 0.490 e. The lowest BCUT2D eigenvalue weighted by molar-refractivity contribution is 0.0698. The SMILES string of the molecule is CCOc1cc(C=NNc2ccccc2C(=O)O)ccc1OCc1ccccc1C. The number of benzene rings is 3. The molecule has 3 aromatic rings. The molecule has 0 bridgehead atoms. The molecule has 6 nitrogen and oxygen atoms in total. The number of rotatable bonds is 9. The molecule has 0 heterocycles. The molecule has 0 aliphatic heterocycles. The van der Waals surface area contributed by atoms with Gasteiger partial charge in [-0.3, -0.25) is 5.43 Å². The second kappa shape index (κ2) is 10.1. The number of hydrogen-bond acceptors (Lipinski definition) is 5. The van der Waals surface area contributed by atoms with Gasteiger partial charge in [0.25, 0.3) is 0 Å². The summed E-state index contributed by atoms with van der Waals surface area (Å²) in [5, 5.41) is 13.4. The number of carboxylic acids is 1. The van der Waals surface area contributed by atoms with Gasteiger partial charge in [0, 0.05) is 0 Å². The number of aromatic carboxylic acids is 1. The molecule has 3 rings (SSSR count). The van der Waals surface area contributed by atoms with Gasteiger partial charge >= 0.3 is 5.97 Å². The molecule has 0 unspecified atom stereocenters. The summed E-state index contributed by atoms with van der Waals surface area (Å²) in [5.74, 6) is 0.268. The molecule has 0 radical (unpaired) electrons. The maximum absolute atomic E-state index is 11.3. The number of nitrogens with zero attached hydrogens (tertiary/aromatic N) is 1. The molecule has 0 amide bonds. The molecule has 6 heteroatoms. The van der Waals surface area contributed by atoms with E-state index >= 15 is 0 Å². The molecule has 0 saturated carbocycles. The van der Waals surface area contributed by atoms with Gasteiger partial charge in [-0.1, -0.05) is 36.4 Å². The topological polar surface area (TPSA) is 80.2 Å². The standard InChI is InChI=1S/C24H24N2O4/c1-3-29-23-14-18(15-25-26-21-11-7-6-10-20(21)24(27)28)12-13-22(23)30-16-19-9-5-4-8-17(19)2/h4-15,26H,3,16H2,1-2H3,(H,27,28). The van der Waals surface area contributed by atoms with Crippen molar-refractivity contribution >= 4 is 17.9 Å². The van der Waals surface area contributed by atoms with E-state index in [0.717, 1.165) is 11.1 Å². The zero-order chi connectivity index (χ0) is 21.3. The molecule has 30 heavy (non-hydrogen) atoms. The quantitative estimate of drug-likeness (QED) is 0.382. The van der Waals surface area contributed by atoms with E-state index in [4.69, 9.17) is 9.47 Å². The average Bonchev–Trinajstić information content (AvgIpc) is 2.74. The first-order valence-corrected chi connectivity index (χ1v) is 9.64. The minimum absolute atomic E-state index is 0.157. The Hall–Kier alpha value is -3.80. The third kappa shape index (κ3) is 5.38. The minimum atomic E-state index is -1.01. The highest BCUT2D eigenvalue weighted by atomic mass is 16.5. The van der Waals surface area contributed by atoms with Crippen LogP contribution in [0.25, 0.3) is 0 Å². The van der Waals surface area contributed by atoms with Crippen LogP contribution >= 0.6 is 0 Å². The molecule has 0 aliphatic rings. The van der Waals surface area contributed by atoms with Gasteiger partial charge < -0.3 is 14.6 Å². The van der Waals surface area contributed by atoms with Gasteiger partial charge in [0.1, 0.15) is 6.61 Å². The van der Waals surface area contributed by atoms with Crippen LogP contribution in [0.5, 0.6) is 11.5 Å². The van der Waals surface area contributed by atoms with Gasteiger partial charge in [-0.25, -0.2) is 4.79 Å². The van der Waals surface area contributed by atoms with Crippen molar-refractivity contribution < 1.29 is 19.4 Å². The Kier molecular flexibility index (Phi) is 7.05. The second-order valence-electron chi connectivity index (χ2n) is 6.58.